The molecule has 0 aromatic heterocycles. The lowest BCUT2D eigenvalue weighted by atomic mass is 10.1. The first-order valence-electron chi connectivity index (χ1n) is 4.54. The summed E-state index contributed by atoms with van der Waals surface area (Å²) in [7, 11) is -2.05. The zero-order valence-electron chi connectivity index (χ0n) is 9.59. The molecule has 4 nitrogen and oxygen atoms in total. The van der Waals surface area contributed by atoms with Gasteiger partial charge in [-0.15, -0.1) is 0 Å². The molecular formula is C9H14F3NO3S. The molecule has 8 heteroatoms. The second-order valence-electron chi connectivity index (χ2n) is 4.30. The number of alkyl halides is 3. The van der Waals surface area contributed by atoms with Crippen LogP contribution in [0, 0.1) is 0 Å². The van der Waals surface area contributed by atoms with Gasteiger partial charge >= 0.3 is 12.1 Å². The Hall–Kier alpha value is -0.890. The molecule has 0 radical (unpaired) electrons. The number of carboxylic acids is 1. The van der Waals surface area contributed by atoms with Crippen molar-refractivity contribution in [1.82, 2.24) is 4.72 Å². The molecule has 100 valence electrons. The van der Waals surface area contributed by atoms with Gasteiger partial charge in [0.25, 0.3) is 0 Å². The smallest absolute Gasteiger partial charge is 0.409 e. The van der Waals surface area contributed by atoms with Gasteiger partial charge in [0.15, 0.2) is 0 Å². The normalized spacial score (nSPS) is 16.4. The van der Waals surface area contributed by atoms with Crippen molar-refractivity contribution in [2.24, 2.45) is 0 Å². The Morgan fingerprint density at radius 2 is 1.76 bits per heavy atom. The minimum atomic E-state index is -4.86. The number of rotatable bonds is 4. The van der Waals surface area contributed by atoms with Crippen molar-refractivity contribution in [3.63, 3.8) is 0 Å². The van der Waals surface area contributed by atoms with E-state index in [1.54, 1.807) is 4.72 Å². The zero-order valence-corrected chi connectivity index (χ0v) is 10.4. The van der Waals surface area contributed by atoms with Crippen LogP contribution in [0.2, 0.25) is 0 Å². The fourth-order valence-corrected chi connectivity index (χ4v) is 1.59. The fraction of sp³-hybridized carbons (Fsp3) is 0.667. The van der Waals surface area contributed by atoms with Crippen LogP contribution in [0.1, 0.15) is 20.8 Å². The van der Waals surface area contributed by atoms with Gasteiger partial charge in [0.05, 0.1) is 21.3 Å². The van der Waals surface area contributed by atoms with Crippen molar-refractivity contribution in [2.45, 2.75) is 37.7 Å². The second kappa shape index (κ2) is 5.18. The summed E-state index contributed by atoms with van der Waals surface area (Å²) in [5, 5.41) is 8.49. The third-order valence-corrected chi connectivity index (χ3v) is 3.29. The molecule has 0 aliphatic rings. The van der Waals surface area contributed by atoms with Crippen LogP contribution in [0.3, 0.4) is 0 Å². The Bertz CT molecular complexity index is 346. The molecular weight excluding hydrogens is 259 g/mol. The molecule has 0 bridgehead atoms. The summed E-state index contributed by atoms with van der Waals surface area (Å²) in [5.74, 6) is -1.79. The highest BCUT2D eigenvalue weighted by Gasteiger charge is 2.45. The van der Waals surface area contributed by atoms with Crippen LogP contribution in [-0.4, -0.2) is 32.2 Å². The Kier molecular flexibility index (Phi) is 4.90. The molecule has 0 spiro atoms. The first-order valence-corrected chi connectivity index (χ1v) is 5.69. The van der Waals surface area contributed by atoms with Crippen LogP contribution in [0.4, 0.5) is 13.2 Å². The van der Waals surface area contributed by atoms with Crippen molar-refractivity contribution in [3.05, 3.63) is 12.2 Å². The van der Waals surface area contributed by atoms with E-state index in [-0.39, 0.29) is 0 Å². The Labute approximate surface area is 99.5 Å². The maximum atomic E-state index is 12.6. The van der Waals surface area contributed by atoms with Gasteiger partial charge in [-0.05, 0) is 20.8 Å². The molecule has 0 rings (SSSR count). The third-order valence-electron chi connectivity index (χ3n) is 1.73. The first kappa shape index (κ1) is 16.1. The zero-order chi connectivity index (χ0) is 14.0. The number of nitrogens with one attached hydrogen (secondary N) is 1. The highest BCUT2D eigenvalue weighted by Crippen LogP contribution is 2.26. The van der Waals surface area contributed by atoms with E-state index < -0.39 is 39.5 Å². The topological polar surface area (TPSA) is 66.4 Å². The van der Waals surface area contributed by atoms with E-state index in [2.05, 4.69) is 6.58 Å². The summed E-state index contributed by atoms with van der Waals surface area (Å²) < 4.78 is 50.0. The van der Waals surface area contributed by atoms with Gasteiger partial charge in [-0.1, -0.05) is 6.58 Å². The van der Waals surface area contributed by atoms with Crippen LogP contribution < -0.4 is 4.72 Å². The minimum Gasteiger partial charge on any atom is -0.478 e. The average molecular weight is 273 g/mol. The lowest BCUT2D eigenvalue weighted by molar-refractivity contribution is -0.151. The van der Waals surface area contributed by atoms with E-state index >= 15 is 0 Å². The average Bonchev–Trinajstić information content (AvgIpc) is 2.08. The van der Waals surface area contributed by atoms with E-state index in [1.165, 1.54) is 20.8 Å². The molecule has 0 heterocycles. The number of halogens is 3. The number of aliphatic carboxylic acids is 1. The van der Waals surface area contributed by atoms with Gasteiger partial charge in [-0.25, -0.2) is 13.7 Å². The Morgan fingerprint density at radius 3 is 2.00 bits per heavy atom. The highest BCUT2D eigenvalue weighted by molar-refractivity contribution is 7.84. The summed E-state index contributed by atoms with van der Waals surface area (Å²) in [6.07, 6.45) is -4.86. The Morgan fingerprint density at radius 1 is 1.35 bits per heavy atom. The van der Waals surface area contributed by atoms with Crippen molar-refractivity contribution >= 4 is 17.0 Å². The molecule has 0 aliphatic carbocycles. The van der Waals surface area contributed by atoms with E-state index in [4.69, 9.17) is 5.11 Å². The highest BCUT2D eigenvalue weighted by atomic mass is 32.2. The molecule has 0 saturated heterocycles. The third kappa shape index (κ3) is 4.86. The van der Waals surface area contributed by atoms with E-state index in [9.17, 15) is 22.2 Å². The maximum absolute atomic E-state index is 12.6. The SMILES string of the molecule is C=C(C(=O)O)[C@@H](NS(=O)C(C)(C)C)C(F)(F)F. The maximum Gasteiger partial charge on any atom is 0.409 e. The summed E-state index contributed by atoms with van der Waals surface area (Å²) in [4.78, 5) is 10.5. The molecule has 2 N–H and O–H groups in total. The van der Waals surface area contributed by atoms with Gasteiger partial charge < -0.3 is 5.11 Å². The molecule has 1 unspecified atom stereocenters. The molecule has 2 atom stereocenters. The van der Waals surface area contributed by atoms with Crippen LogP contribution in [-0.2, 0) is 15.8 Å². The van der Waals surface area contributed by atoms with Crippen LogP contribution in [0.5, 0.6) is 0 Å². The fourth-order valence-electron chi connectivity index (χ4n) is 0.743. The lowest BCUT2D eigenvalue weighted by Crippen LogP contribution is -2.49. The van der Waals surface area contributed by atoms with Crippen molar-refractivity contribution in [1.29, 1.82) is 0 Å². The van der Waals surface area contributed by atoms with Crippen LogP contribution in [0.15, 0.2) is 12.2 Å². The van der Waals surface area contributed by atoms with E-state index in [1.807, 2.05) is 0 Å². The summed E-state index contributed by atoms with van der Waals surface area (Å²) in [5.41, 5.74) is -1.09. The van der Waals surface area contributed by atoms with Crippen molar-refractivity contribution in [2.75, 3.05) is 0 Å². The van der Waals surface area contributed by atoms with E-state index in [0.29, 0.717) is 0 Å². The van der Waals surface area contributed by atoms with Crippen LogP contribution >= 0.6 is 0 Å². The quantitative estimate of drug-likeness (QED) is 0.765. The summed E-state index contributed by atoms with van der Waals surface area (Å²) >= 11 is 0. The van der Waals surface area contributed by atoms with Gasteiger partial charge in [0.1, 0.15) is 6.04 Å². The summed E-state index contributed by atoms with van der Waals surface area (Å²) in [6.45, 7) is 7.24. The lowest BCUT2D eigenvalue weighted by Gasteiger charge is -2.25. The molecule has 0 saturated carbocycles. The molecule has 0 aromatic carbocycles. The molecule has 0 amide bonds. The number of carbonyl (C=O) groups is 1. The Balaban J connectivity index is 5.06. The van der Waals surface area contributed by atoms with Crippen LogP contribution in [0.25, 0.3) is 0 Å². The molecule has 17 heavy (non-hydrogen) atoms. The predicted molar refractivity (Wildman–Crippen MR) is 57.6 cm³/mol. The number of hydrogen-bond donors (Lipinski definition) is 2. The van der Waals surface area contributed by atoms with E-state index in [0.717, 1.165) is 0 Å². The second-order valence-corrected chi connectivity index (χ2v) is 6.30. The van der Waals surface area contributed by atoms with Gasteiger partial charge in [0, 0.05) is 0 Å². The van der Waals surface area contributed by atoms with Crippen molar-refractivity contribution < 1.29 is 27.3 Å². The molecule has 0 aromatic rings. The predicted octanol–water partition coefficient (Wildman–Crippen LogP) is 1.61. The van der Waals surface area contributed by atoms with Gasteiger partial charge in [-0.3, -0.25) is 0 Å². The monoisotopic (exact) mass is 273 g/mol. The summed E-state index contributed by atoms with van der Waals surface area (Å²) in [6, 6.07) is -2.53. The standard InChI is InChI=1S/C9H14F3NO3S/c1-5(7(14)15)6(9(10,11)12)13-17(16)8(2,3)4/h6,13H,1H2,2-4H3,(H,14,15)/t6-,17?/m1/s1. The molecule has 0 aliphatic heterocycles. The minimum absolute atomic E-state index is 0.942. The van der Waals surface area contributed by atoms with Crippen molar-refractivity contribution in [3.8, 4) is 0 Å². The number of carboxylic acid groups (broad SMARTS) is 1. The molecule has 0 fully saturated rings. The van der Waals surface area contributed by atoms with Gasteiger partial charge in [0.2, 0.25) is 0 Å². The first-order chi connectivity index (χ1) is 7.37. The number of hydrogen-bond acceptors (Lipinski definition) is 2. The van der Waals surface area contributed by atoms with Gasteiger partial charge in [-0.2, -0.15) is 13.2 Å². The largest absolute Gasteiger partial charge is 0.478 e.